The Kier molecular flexibility index (Phi) is 9.00. The smallest absolute Gasteiger partial charge is 0.239 e. The number of carbonyl (C=O) groups is 1. The SMILES string of the molecule is NC(=O)Cn1cc(N(c2cccc(F)c2F)c2ncnc3cc(OCCCN4CCCC[C@H]4CCO)ccc23)cn1. The molecule has 1 aliphatic rings. The summed E-state index contributed by atoms with van der Waals surface area (Å²) in [6, 6.07) is 9.65. The normalized spacial score (nSPS) is 15.7. The van der Waals surface area contributed by atoms with E-state index in [1.807, 2.05) is 0 Å². The van der Waals surface area contributed by atoms with Crippen LogP contribution >= 0.6 is 0 Å². The molecule has 10 nitrogen and oxygen atoms in total. The number of hydrogen-bond acceptors (Lipinski definition) is 8. The van der Waals surface area contributed by atoms with E-state index in [9.17, 15) is 14.3 Å². The van der Waals surface area contributed by atoms with Crippen LogP contribution in [0.25, 0.3) is 10.9 Å². The molecule has 3 heterocycles. The molecule has 2 aromatic heterocycles. The number of benzene rings is 2. The number of piperidine rings is 1. The second-order valence-corrected chi connectivity index (χ2v) is 10.0. The van der Waals surface area contributed by atoms with Crippen LogP contribution in [0, 0.1) is 11.6 Å². The van der Waals surface area contributed by atoms with Crippen LogP contribution in [0.1, 0.15) is 32.1 Å². The van der Waals surface area contributed by atoms with Gasteiger partial charge >= 0.3 is 0 Å². The molecule has 1 saturated heterocycles. The van der Waals surface area contributed by atoms with Crippen LogP contribution in [0.3, 0.4) is 0 Å². The Bertz CT molecular complexity index is 1500. The predicted octanol–water partition coefficient (Wildman–Crippen LogP) is 4.07. The van der Waals surface area contributed by atoms with E-state index < -0.39 is 17.5 Å². The molecule has 1 fully saturated rings. The van der Waals surface area contributed by atoms with E-state index in [0.717, 1.165) is 38.4 Å². The van der Waals surface area contributed by atoms with E-state index in [-0.39, 0.29) is 18.8 Å². The number of hydrogen-bond donors (Lipinski definition) is 2. The molecule has 5 rings (SSSR count). The van der Waals surface area contributed by atoms with Crippen LogP contribution in [0.15, 0.2) is 55.1 Å². The molecule has 12 heteroatoms. The van der Waals surface area contributed by atoms with Gasteiger partial charge < -0.3 is 20.5 Å². The third-order valence-electron chi connectivity index (χ3n) is 7.24. The van der Waals surface area contributed by atoms with Crippen LogP contribution in [-0.2, 0) is 11.3 Å². The molecule has 216 valence electrons. The van der Waals surface area contributed by atoms with Gasteiger partial charge in [-0.3, -0.25) is 14.4 Å². The number of amides is 1. The van der Waals surface area contributed by atoms with Crippen molar-refractivity contribution >= 4 is 34.0 Å². The lowest BCUT2D eigenvalue weighted by Crippen LogP contribution is -2.40. The van der Waals surface area contributed by atoms with Crippen LogP contribution in [0.4, 0.5) is 26.0 Å². The molecule has 1 amide bonds. The number of halogens is 2. The van der Waals surface area contributed by atoms with Gasteiger partial charge in [0.2, 0.25) is 5.91 Å². The van der Waals surface area contributed by atoms with Gasteiger partial charge in [0.1, 0.15) is 24.4 Å². The fourth-order valence-electron chi connectivity index (χ4n) is 5.33. The van der Waals surface area contributed by atoms with Gasteiger partial charge in [-0.25, -0.2) is 18.7 Å². The topological polar surface area (TPSA) is 123 Å². The van der Waals surface area contributed by atoms with Gasteiger partial charge in [0, 0.05) is 36.8 Å². The summed E-state index contributed by atoms with van der Waals surface area (Å²) < 4.78 is 36.7. The Balaban J connectivity index is 1.38. The number of anilines is 3. The maximum absolute atomic E-state index is 15.1. The molecular formula is C29H33F2N7O3. The number of aliphatic hydroxyl groups is 1. The number of rotatable bonds is 12. The summed E-state index contributed by atoms with van der Waals surface area (Å²) in [5, 5.41) is 14.1. The number of nitrogens with two attached hydrogens (primary N) is 1. The highest BCUT2D eigenvalue weighted by molar-refractivity contribution is 5.95. The van der Waals surface area contributed by atoms with E-state index >= 15 is 4.39 Å². The zero-order valence-electron chi connectivity index (χ0n) is 22.6. The first-order chi connectivity index (χ1) is 19.9. The summed E-state index contributed by atoms with van der Waals surface area (Å²) in [4.78, 5) is 24.1. The minimum atomic E-state index is -1.06. The molecule has 0 spiro atoms. The Hall–Kier alpha value is -4.16. The highest BCUT2D eigenvalue weighted by Gasteiger charge is 2.24. The highest BCUT2D eigenvalue weighted by atomic mass is 19.2. The van der Waals surface area contributed by atoms with Crippen molar-refractivity contribution in [3.8, 4) is 5.75 Å². The van der Waals surface area contributed by atoms with Crippen molar-refractivity contribution in [3.05, 3.63) is 66.8 Å². The standard InChI is InChI=1S/C29H33F2N7O3/c30-24-6-3-7-26(28(24)31)38(21-16-35-37(17-21)18-27(32)40)29-23-9-8-22(15-25(23)33-19-34-29)41-14-4-12-36-11-2-1-5-20(36)10-13-39/h3,6-9,15-17,19-20,39H,1-2,4-5,10-14,18H2,(H2,32,40)/t20-/m0/s1. The number of likely N-dealkylation sites (tertiary alicyclic amines) is 1. The van der Waals surface area contributed by atoms with E-state index in [1.54, 1.807) is 18.2 Å². The molecule has 0 unspecified atom stereocenters. The minimum Gasteiger partial charge on any atom is -0.493 e. The van der Waals surface area contributed by atoms with Crippen molar-refractivity contribution in [3.63, 3.8) is 0 Å². The van der Waals surface area contributed by atoms with Gasteiger partial charge in [-0.05, 0) is 56.5 Å². The summed E-state index contributed by atoms with van der Waals surface area (Å²) in [5.74, 6) is -1.74. The molecule has 1 atom stereocenters. The van der Waals surface area contributed by atoms with Gasteiger partial charge in [0.05, 0.1) is 29.7 Å². The number of aliphatic hydroxyl groups excluding tert-OH is 1. The molecule has 4 aromatic rings. The largest absolute Gasteiger partial charge is 0.493 e. The number of carbonyl (C=O) groups excluding carboxylic acids is 1. The number of primary amides is 1. The van der Waals surface area contributed by atoms with Gasteiger partial charge in [-0.15, -0.1) is 0 Å². The number of nitrogens with zero attached hydrogens (tertiary/aromatic N) is 6. The zero-order valence-corrected chi connectivity index (χ0v) is 22.6. The van der Waals surface area contributed by atoms with Crippen LogP contribution in [0.5, 0.6) is 5.75 Å². The first kappa shape index (κ1) is 28.4. The van der Waals surface area contributed by atoms with Crippen LogP contribution < -0.4 is 15.4 Å². The zero-order chi connectivity index (χ0) is 28.8. The average molecular weight is 566 g/mol. The quantitative estimate of drug-likeness (QED) is 0.247. The second-order valence-electron chi connectivity index (χ2n) is 10.0. The van der Waals surface area contributed by atoms with Crippen molar-refractivity contribution in [1.82, 2.24) is 24.6 Å². The second kappa shape index (κ2) is 13.0. The van der Waals surface area contributed by atoms with Gasteiger partial charge in [0.15, 0.2) is 11.6 Å². The highest BCUT2D eigenvalue weighted by Crippen LogP contribution is 2.39. The lowest BCUT2D eigenvalue weighted by atomic mass is 9.99. The van der Waals surface area contributed by atoms with Gasteiger partial charge in [-0.1, -0.05) is 12.5 Å². The summed E-state index contributed by atoms with van der Waals surface area (Å²) in [6.07, 6.45) is 9.43. The summed E-state index contributed by atoms with van der Waals surface area (Å²) in [6.45, 7) is 2.50. The van der Waals surface area contributed by atoms with E-state index in [1.165, 1.54) is 53.3 Å². The third kappa shape index (κ3) is 6.60. The molecule has 41 heavy (non-hydrogen) atoms. The summed E-state index contributed by atoms with van der Waals surface area (Å²) >= 11 is 0. The Labute approximate surface area is 236 Å². The minimum absolute atomic E-state index is 0.0823. The first-order valence-corrected chi connectivity index (χ1v) is 13.7. The Morgan fingerprint density at radius 2 is 2.07 bits per heavy atom. The van der Waals surface area contributed by atoms with Crippen molar-refractivity contribution < 1.29 is 23.4 Å². The Morgan fingerprint density at radius 1 is 1.20 bits per heavy atom. The molecule has 1 aliphatic heterocycles. The first-order valence-electron chi connectivity index (χ1n) is 13.7. The van der Waals surface area contributed by atoms with Crippen molar-refractivity contribution in [2.45, 2.75) is 44.7 Å². The van der Waals surface area contributed by atoms with Gasteiger partial charge in [0.25, 0.3) is 0 Å². The van der Waals surface area contributed by atoms with Crippen molar-refractivity contribution in [2.24, 2.45) is 5.73 Å². The van der Waals surface area contributed by atoms with E-state index in [4.69, 9.17) is 10.5 Å². The van der Waals surface area contributed by atoms with Crippen LogP contribution in [0.2, 0.25) is 0 Å². The van der Waals surface area contributed by atoms with Gasteiger partial charge in [-0.2, -0.15) is 5.10 Å². The lowest BCUT2D eigenvalue weighted by molar-refractivity contribution is -0.118. The molecule has 0 saturated carbocycles. The monoisotopic (exact) mass is 565 g/mol. The molecule has 0 radical (unpaired) electrons. The molecule has 0 bridgehead atoms. The summed E-state index contributed by atoms with van der Waals surface area (Å²) in [5.41, 5.74) is 6.12. The number of ether oxygens (including phenoxy) is 1. The molecular weight excluding hydrogens is 532 g/mol. The maximum Gasteiger partial charge on any atom is 0.239 e. The third-order valence-corrected chi connectivity index (χ3v) is 7.24. The van der Waals surface area contributed by atoms with Crippen LogP contribution in [-0.4, -0.2) is 68.0 Å². The molecule has 3 N–H and O–H groups in total. The number of aromatic nitrogens is 4. The van der Waals surface area contributed by atoms with Crippen molar-refractivity contribution in [1.29, 1.82) is 0 Å². The maximum atomic E-state index is 15.1. The fourth-order valence-corrected chi connectivity index (χ4v) is 5.33. The number of fused-ring (bicyclic) bond motifs is 1. The predicted molar refractivity (Wildman–Crippen MR) is 150 cm³/mol. The average Bonchev–Trinajstić information content (AvgIpc) is 3.41. The van der Waals surface area contributed by atoms with E-state index in [0.29, 0.717) is 40.8 Å². The molecule has 0 aliphatic carbocycles. The summed E-state index contributed by atoms with van der Waals surface area (Å²) in [7, 11) is 0. The van der Waals surface area contributed by atoms with Crippen molar-refractivity contribution in [2.75, 3.05) is 31.2 Å². The fraction of sp³-hybridized carbons (Fsp3) is 0.379. The molecule has 2 aromatic carbocycles. The lowest BCUT2D eigenvalue weighted by Gasteiger charge is -2.35. The Morgan fingerprint density at radius 3 is 2.90 bits per heavy atom. The van der Waals surface area contributed by atoms with E-state index in [2.05, 4.69) is 20.0 Å².